The third kappa shape index (κ3) is 4.42. The van der Waals surface area contributed by atoms with Gasteiger partial charge in [0.25, 0.3) is 0 Å². The summed E-state index contributed by atoms with van der Waals surface area (Å²) < 4.78 is 17.0. The zero-order valence-corrected chi connectivity index (χ0v) is 17.8. The highest BCUT2D eigenvalue weighted by atomic mass is 16.5. The molecule has 0 aliphatic rings. The first-order valence-corrected chi connectivity index (χ1v) is 9.41. The second-order valence-corrected chi connectivity index (χ2v) is 6.74. The van der Waals surface area contributed by atoms with Crippen LogP contribution in [0.3, 0.4) is 0 Å². The minimum absolute atomic E-state index is 0.137. The molecule has 8 nitrogen and oxygen atoms in total. The van der Waals surface area contributed by atoms with Gasteiger partial charge >= 0.3 is 5.97 Å². The second-order valence-electron chi connectivity index (χ2n) is 6.74. The lowest BCUT2D eigenvalue weighted by Gasteiger charge is -2.27. The van der Waals surface area contributed by atoms with E-state index in [9.17, 15) is 14.4 Å². The maximum Gasteiger partial charge on any atom is 0.354 e. The number of nitrogens with zero attached hydrogens (tertiary/aromatic N) is 2. The zero-order chi connectivity index (χ0) is 21.7. The Bertz CT molecular complexity index is 882. The Labute approximate surface area is 170 Å². The number of rotatable bonds is 9. The number of methoxy groups -OCH3 is 2. The van der Waals surface area contributed by atoms with Gasteiger partial charge in [-0.2, -0.15) is 0 Å². The number of Topliss-reactive ketones (excluding diaryl/α,β-unsaturated/α-hetero) is 1. The molecule has 2 heterocycles. The Morgan fingerprint density at radius 2 is 1.93 bits per heavy atom. The number of amides is 1. The van der Waals surface area contributed by atoms with Crippen LogP contribution in [0.25, 0.3) is 0 Å². The molecule has 0 fully saturated rings. The van der Waals surface area contributed by atoms with Crippen LogP contribution < -0.4 is 0 Å². The molecule has 29 heavy (non-hydrogen) atoms. The lowest BCUT2D eigenvalue weighted by Crippen LogP contribution is -2.44. The number of hydrogen-bond acceptors (Lipinski definition) is 6. The molecule has 0 spiro atoms. The van der Waals surface area contributed by atoms with E-state index in [2.05, 4.69) is 0 Å². The molecule has 0 bridgehead atoms. The van der Waals surface area contributed by atoms with Gasteiger partial charge in [-0.05, 0) is 45.4 Å². The number of hydrogen-bond donors (Lipinski definition) is 0. The van der Waals surface area contributed by atoms with Crippen LogP contribution in [-0.4, -0.2) is 54.0 Å². The summed E-state index contributed by atoms with van der Waals surface area (Å²) in [6.07, 6.45) is 1.51. The Morgan fingerprint density at radius 1 is 1.24 bits per heavy atom. The molecule has 8 heteroatoms. The summed E-state index contributed by atoms with van der Waals surface area (Å²) in [7, 11) is 2.73. The van der Waals surface area contributed by atoms with Crippen molar-refractivity contribution >= 4 is 17.7 Å². The van der Waals surface area contributed by atoms with Gasteiger partial charge in [-0.1, -0.05) is 0 Å². The van der Waals surface area contributed by atoms with Crippen LogP contribution in [0.2, 0.25) is 0 Å². The van der Waals surface area contributed by atoms with Crippen molar-refractivity contribution in [3.05, 3.63) is 46.7 Å². The third-order valence-corrected chi connectivity index (χ3v) is 5.05. The highest BCUT2D eigenvalue weighted by molar-refractivity contribution is 6.06. The summed E-state index contributed by atoms with van der Waals surface area (Å²) in [5.74, 6) is -0.525. The molecule has 1 unspecified atom stereocenters. The van der Waals surface area contributed by atoms with E-state index in [0.29, 0.717) is 34.8 Å². The van der Waals surface area contributed by atoms with Crippen LogP contribution >= 0.6 is 0 Å². The van der Waals surface area contributed by atoms with Gasteiger partial charge in [0.15, 0.2) is 5.78 Å². The number of esters is 1. The van der Waals surface area contributed by atoms with E-state index < -0.39 is 12.0 Å². The number of furan rings is 1. The Kier molecular flexibility index (Phi) is 7.39. The van der Waals surface area contributed by atoms with Crippen LogP contribution in [-0.2, 0) is 27.4 Å². The highest BCUT2D eigenvalue weighted by Gasteiger charge is 2.33. The van der Waals surface area contributed by atoms with Gasteiger partial charge < -0.3 is 23.4 Å². The highest BCUT2D eigenvalue weighted by Crippen LogP contribution is 2.26. The SMILES string of the molecule is CCn1c(C)c(C(=O)C(C)N(Cc2ccco2)C(=O)COC)c(C)c1C(=O)OC. The molecule has 0 aromatic carbocycles. The van der Waals surface area contributed by atoms with E-state index in [0.717, 1.165) is 0 Å². The number of carbonyl (C=O) groups is 3. The maximum atomic E-state index is 13.4. The van der Waals surface area contributed by atoms with Crippen molar-refractivity contribution in [2.24, 2.45) is 0 Å². The first kappa shape index (κ1) is 22.4. The average Bonchev–Trinajstić information content (AvgIpc) is 3.30. The standard InChI is InChI=1S/C21H28N2O6/c1-7-22-14(3)18(13(2)19(22)21(26)28-6)20(25)15(4)23(17(24)12-27-5)11-16-9-8-10-29-16/h8-10,15H,7,11-12H2,1-6H3. The third-order valence-electron chi connectivity index (χ3n) is 5.05. The van der Waals surface area contributed by atoms with Crippen molar-refractivity contribution in [2.45, 2.75) is 46.8 Å². The van der Waals surface area contributed by atoms with E-state index >= 15 is 0 Å². The van der Waals surface area contributed by atoms with E-state index in [-0.39, 0.29) is 24.8 Å². The fourth-order valence-corrected chi connectivity index (χ4v) is 3.58. The van der Waals surface area contributed by atoms with Crippen molar-refractivity contribution in [1.82, 2.24) is 9.47 Å². The summed E-state index contributed by atoms with van der Waals surface area (Å²) in [6, 6.07) is 2.68. The van der Waals surface area contributed by atoms with Crippen LogP contribution in [0.5, 0.6) is 0 Å². The maximum absolute atomic E-state index is 13.4. The molecule has 158 valence electrons. The molecule has 2 aromatic rings. The smallest absolute Gasteiger partial charge is 0.354 e. The number of ether oxygens (including phenoxy) is 2. The lowest BCUT2D eigenvalue weighted by molar-refractivity contribution is -0.137. The van der Waals surface area contributed by atoms with Gasteiger partial charge in [0.1, 0.15) is 18.1 Å². The molecular formula is C21H28N2O6. The monoisotopic (exact) mass is 404 g/mol. The number of carbonyl (C=O) groups excluding carboxylic acids is 3. The predicted octanol–water partition coefficient (Wildman–Crippen LogP) is 2.75. The molecule has 0 aliphatic carbocycles. The summed E-state index contributed by atoms with van der Waals surface area (Å²) in [6.45, 7) is 7.56. The average molecular weight is 404 g/mol. The topological polar surface area (TPSA) is 91.0 Å². The first-order valence-electron chi connectivity index (χ1n) is 9.41. The molecular weight excluding hydrogens is 376 g/mol. The van der Waals surface area contributed by atoms with Crippen LogP contribution in [0.15, 0.2) is 22.8 Å². The van der Waals surface area contributed by atoms with Crippen molar-refractivity contribution < 1.29 is 28.3 Å². The zero-order valence-electron chi connectivity index (χ0n) is 17.8. The minimum Gasteiger partial charge on any atom is -0.467 e. The van der Waals surface area contributed by atoms with Crippen LogP contribution in [0, 0.1) is 13.8 Å². The molecule has 2 rings (SSSR count). The van der Waals surface area contributed by atoms with Gasteiger partial charge in [-0.15, -0.1) is 0 Å². The van der Waals surface area contributed by atoms with Crippen molar-refractivity contribution in [3.8, 4) is 0 Å². The van der Waals surface area contributed by atoms with Gasteiger partial charge in [-0.25, -0.2) is 4.79 Å². The van der Waals surface area contributed by atoms with Gasteiger partial charge in [0.2, 0.25) is 5.91 Å². The van der Waals surface area contributed by atoms with Crippen molar-refractivity contribution in [2.75, 3.05) is 20.8 Å². The Morgan fingerprint density at radius 3 is 2.45 bits per heavy atom. The Balaban J connectivity index is 2.46. The van der Waals surface area contributed by atoms with Gasteiger partial charge in [0, 0.05) is 24.9 Å². The normalized spacial score (nSPS) is 11.9. The first-order chi connectivity index (χ1) is 13.8. The second kappa shape index (κ2) is 9.56. The summed E-state index contributed by atoms with van der Waals surface area (Å²) in [5, 5.41) is 0. The van der Waals surface area contributed by atoms with E-state index in [4.69, 9.17) is 13.9 Å². The predicted molar refractivity (Wildman–Crippen MR) is 106 cm³/mol. The number of aromatic nitrogens is 1. The quantitative estimate of drug-likeness (QED) is 0.471. The van der Waals surface area contributed by atoms with E-state index in [1.165, 1.54) is 25.4 Å². The van der Waals surface area contributed by atoms with E-state index in [1.807, 2.05) is 6.92 Å². The molecule has 0 N–H and O–H groups in total. The van der Waals surface area contributed by atoms with Gasteiger partial charge in [-0.3, -0.25) is 9.59 Å². The van der Waals surface area contributed by atoms with Crippen LogP contribution in [0.4, 0.5) is 0 Å². The molecule has 0 saturated carbocycles. The molecule has 0 aliphatic heterocycles. The molecule has 0 saturated heterocycles. The van der Waals surface area contributed by atoms with E-state index in [1.54, 1.807) is 37.5 Å². The van der Waals surface area contributed by atoms with Crippen molar-refractivity contribution in [3.63, 3.8) is 0 Å². The van der Waals surface area contributed by atoms with Gasteiger partial charge in [0.05, 0.1) is 26.0 Å². The fraction of sp³-hybridized carbons (Fsp3) is 0.476. The summed E-state index contributed by atoms with van der Waals surface area (Å²) >= 11 is 0. The molecule has 1 atom stereocenters. The molecule has 0 radical (unpaired) electrons. The van der Waals surface area contributed by atoms with Crippen LogP contribution in [0.1, 0.15) is 51.7 Å². The molecule has 2 aromatic heterocycles. The largest absolute Gasteiger partial charge is 0.467 e. The molecule has 1 amide bonds. The lowest BCUT2D eigenvalue weighted by atomic mass is 9.99. The Hall–Kier alpha value is -2.87. The summed E-state index contributed by atoms with van der Waals surface area (Å²) in [5.41, 5.74) is 1.99. The number of ketones is 1. The summed E-state index contributed by atoms with van der Waals surface area (Å²) in [4.78, 5) is 39.7. The fourth-order valence-electron chi connectivity index (χ4n) is 3.58. The minimum atomic E-state index is -0.779. The van der Waals surface area contributed by atoms with Crippen molar-refractivity contribution in [1.29, 1.82) is 0 Å².